The third-order valence-corrected chi connectivity index (χ3v) is 3.73. The molecule has 0 aliphatic carbocycles. The Labute approximate surface area is 148 Å². The SMILES string of the molecule is COc1ccc(C(=O)Nc2cc(C(=O)N(C)C)ccc2N(C)C)cc1. The first-order chi connectivity index (χ1) is 11.8. The predicted molar refractivity (Wildman–Crippen MR) is 99.7 cm³/mol. The van der Waals surface area contributed by atoms with E-state index in [1.165, 1.54) is 4.90 Å². The van der Waals surface area contributed by atoms with E-state index in [4.69, 9.17) is 4.74 Å². The standard InChI is InChI=1S/C19H23N3O3/c1-21(2)17-11-8-14(19(24)22(3)4)12-16(17)20-18(23)13-6-9-15(25-5)10-7-13/h6-12H,1-5H3,(H,20,23). The summed E-state index contributed by atoms with van der Waals surface area (Å²) in [5.74, 6) is 0.314. The summed E-state index contributed by atoms with van der Waals surface area (Å²) >= 11 is 0. The van der Waals surface area contributed by atoms with Gasteiger partial charge in [-0.1, -0.05) is 0 Å². The fourth-order valence-electron chi connectivity index (χ4n) is 2.35. The number of nitrogens with zero attached hydrogens (tertiary/aromatic N) is 2. The summed E-state index contributed by atoms with van der Waals surface area (Å²) in [6.07, 6.45) is 0. The Morgan fingerprint density at radius 3 is 2.04 bits per heavy atom. The average Bonchev–Trinajstić information content (AvgIpc) is 2.60. The fraction of sp³-hybridized carbons (Fsp3) is 0.263. The predicted octanol–water partition coefficient (Wildman–Crippen LogP) is 2.72. The van der Waals surface area contributed by atoms with E-state index in [9.17, 15) is 9.59 Å². The molecule has 0 bridgehead atoms. The van der Waals surface area contributed by atoms with E-state index in [2.05, 4.69) is 5.32 Å². The quantitative estimate of drug-likeness (QED) is 0.908. The van der Waals surface area contributed by atoms with Crippen LogP contribution in [0.4, 0.5) is 11.4 Å². The highest BCUT2D eigenvalue weighted by molar-refractivity contribution is 6.07. The van der Waals surface area contributed by atoms with Crippen LogP contribution in [-0.2, 0) is 0 Å². The first-order valence-corrected chi connectivity index (χ1v) is 7.82. The van der Waals surface area contributed by atoms with Gasteiger partial charge in [0.2, 0.25) is 0 Å². The summed E-state index contributed by atoms with van der Waals surface area (Å²) in [5.41, 5.74) is 2.42. The summed E-state index contributed by atoms with van der Waals surface area (Å²) in [5, 5.41) is 2.89. The molecule has 0 fully saturated rings. The maximum atomic E-state index is 12.5. The largest absolute Gasteiger partial charge is 0.497 e. The van der Waals surface area contributed by atoms with Gasteiger partial charge in [-0.2, -0.15) is 0 Å². The van der Waals surface area contributed by atoms with Gasteiger partial charge in [-0.25, -0.2) is 0 Å². The molecule has 6 nitrogen and oxygen atoms in total. The normalized spacial score (nSPS) is 10.1. The van der Waals surface area contributed by atoms with E-state index < -0.39 is 0 Å². The summed E-state index contributed by atoms with van der Waals surface area (Å²) < 4.78 is 5.10. The number of carbonyl (C=O) groups is 2. The van der Waals surface area contributed by atoms with Gasteiger partial charge in [-0.05, 0) is 42.5 Å². The Bertz CT molecular complexity index is 768. The van der Waals surface area contributed by atoms with Crippen molar-refractivity contribution in [2.24, 2.45) is 0 Å². The molecule has 0 spiro atoms. The molecule has 1 N–H and O–H groups in total. The van der Waals surface area contributed by atoms with Crippen LogP contribution in [0.3, 0.4) is 0 Å². The van der Waals surface area contributed by atoms with Gasteiger partial charge in [0, 0.05) is 39.3 Å². The fourth-order valence-corrected chi connectivity index (χ4v) is 2.35. The van der Waals surface area contributed by atoms with Gasteiger partial charge in [-0.3, -0.25) is 9.59 Å². The lowest BCUT2D eigenvalue weighted by atomic mass is 10.1. The lowest BCUT2D eigenvalue weighted by molar-refractivity contribution is 0.0827. The van der Waals surface area contributed by atoms with Crippen molar-refractivity contribution in [3.63, 3.8) is 0 Å². The minimum absolute atomic E-state index is 0.120. The summed E-state index contributed by atoms with van der Waals surface area (Å²) in [7, 11) is 8.72. The Kier molecular flexibility index (Phi) is 5.64. The van der Waals surface area contributed by atoms with Gasteiger partial charge >= 0.3 is 0 Å². The smallest absolute Gasteiger partial charge is 0.255 e. The van der Waals surface area contributed by atoms with E-state index in [0.29, 0.717) is 22.6 Å². The Morgan fingerprint density at radius 2 is 1.52 bits per heavy atom. The Balaban J connectivity index is 2.33. The molecule has 0 aliphatic heterocycles. The highest BCUT2D eigenvalue weighted by Gasteiger charge is 2.15. The lowest BCUT2D eigenvalue weighted by Gasteiger charge is -2.20. The summed E-state index contributed by atoms with van der Waals surface area (Å²) in [6, 6.07) is 12.1. The number of amides is 2. The average molecular weight is 341 g/mol. The molecule has 0 radical (unpaired) electrons. The summed E-state index contributed by atoms with van der Waals surface area (Å²) in [6.45, 7) is 0. The van der Waals surface area contributed by atoms with Crippen molar-refractivity contribution in [2.75, 3.05) is 45.5 Å². The number of benzene rings is 2. The third kappa shape index (κ3) is 4.29. The summed E-state index contributed by atoms with van der Waals surface area (Å²) in [4.78, 5) is 28.1. The second-order valence-corrected chi connectivity index (χ2v) is 6.01. The van der Waals surface area contributed by atoms with Crippen LogP contribution >= 0.6 is 0 Å². The molecule has 25 heavy (non-hydrogen) atoms. The first kappa shape index (κ1) is 18.3. The number of ether oxygens (including phenoxy) is 1. The van der Waals surface area contributed by atoms with Gasteiger partial charge < -0.3 is 19.9 Å². The Morgan fingerprint density at radius 1 is 0.920 bits per heavy atom. The van der Waals surface area contributed by atoms with E-state index in [1.54, 1.807) is 57.6 Å². The van der Waals surface area contributed by atoms with Crippen molar-refractivity contribution < 1.29 is 14.3 Å². The van der Waals surface area contributed by atoms with E-state index in [0.717, 1.165) is 5.69 Å². The van der Waals surface area contributed by atoms with Gasteiger partial charge in [0.25, 0.3) is 11.8 Å². The topological polar surface area (TPSA) is 61.9 Å². The zero-order valence-electron chi connectivity index (χ0n) is 15.2. The minimum atomic E-state index is -0.250. The number of hydrogen-bond acceptors (Lipinski definition) is 4. The van der Waals surface area contributed by atoms with Crippen molar-refractivity contribution in [1.29, 1.82) is 0 Å². The van der Waals surface area contributed by atoms with Crippen molar-refractivity contribution in [2.45, 2.75) is 0 Å². The minimum Gasteiger partial charge on any atom is -0.497 e. The number of methoxy groups -OCH3 is 1. The third-order valence-electron chi connectivity index (χ3n) is 3.73. The highest BCUT2D eigenvalue weighted by Crippen LogP contribution is 2.27. The number of anilines is 2. The molecule has 2 aromatic carbocycles. The molecule has 0 atom stereocenters. The lowest BCUT2D eigenvalue weighted by Crippen LogP contribution is -2.23. The van der Waals surface area contributed by atoms with Crippen LogP contribution in [-0.4, -0.2) is 52.0 Å². The van der Waals surface area contributed by atoms with Crippen LogP contribution in [0.15, 0.2) is 42.5 Å². The molecule has 0 heterocycles. The zero-order valence-corrected chi connectivity index (χ0v) is 15.2. The molecule has 0 aromatic heterocycles. The van der Waals surface area contributed by atoms with Crippen LogP contribution in [0.25, 0.3) is 0 Å². The maximum absolute atomic E-state index is 12.5. The van der Waals surface area contributed by atoms with Crippen molar-refractivity contribution >= 4 is 23.2 Å². The number of rotatable bonds is 5. The van der Waals surface area contributed by atoms with E-state index in [1.807, 2.05) is 25.1 Å². The first-order valence-electron chi connectivity index (χ1n) is 7.82. The van der Waals surface area contributed by atoms with E-state index in [-0.39, 0.29) is 11.8 Å². The zero-order chi connectivity index (χ0) is 18.6. The molecule has 2 rings (SSSR count). The molecule has 132 valence electrons. The van der Waals surface area contributed by atoms with Gasteiger partial charge in [0.05, 0.1) is 18.5 Å². The van der Waals surface area contributed by atoms with Gasteiger partial charge in [-0.15, -0.1) is 0 Å². The van der Waals surface area contributed by atoms with Crippen molar-refractivity contribution in [1.82, 2.24) is 4.90 Å². The molecular formula is C19H23N3O3. The van der Waals surface area contributed by atoms with Crippen LogP contribution in [0.1, 0.15) is 20.7 Å². The van der Waals surface area contributed by atoms with Crippen molar-refractivity contribution in [3.05, 3.63) is 53.6 Å². The molecule has 0 saturated heterocycles. The van der Waals surface area contributed by atoms with Gasteiger partial charge in [0.15, 0.2) is 0 Å². The number of carbonyl (C=O) groups excluding carboxylic acids is 2. The van der Waals surface area contributed by atoms with Crippen LogP contribution < -0.4 is 15.0 Å². The van der Waals surface area contributed by atoms with E-state index >= 15 is 0 Å². The van der Waals surface area contributed by atoms with Crippen LogP contribution in [0, 0.1) is 0 Å². The van der Waals surface area contributed by atoms with Gasteiger partial charge in [0.1, 0.15) is 5.75 Å². The molecule has 2 amide bonds. The van der Waals surface area contributed by atoms with Crippen LogP contribution in [0.2, 0.25) is 0 Å². The second kappa shape index (κ2) is 7.70. The van der Waals surface area contributed by atoms with Crippen LogP contribution in [0.5, 0.6) is 5.75 Å². The molecule has 2 aromatic rings. The monoisotopic (exact) mass is 341 g/mol. The maximum Gasteiger partial charge on any atom is 0.255 e. The Hall–Kier alpha value is -3.02. The highest BCUT2D eigenvalue weighted by atomic mass is 16.5. The second-order valence-electron chi connectivity index (χ2n) is 6.01. The van der Waals surface area contributed by atoms with Crippen molar-refractivity contribution in [3.8, 4) is 5.75 Å². The molecular weight excluding hydrogens is 318 g/mol. The molecule has 0 unspecified atom stereocenters. The number of nitrogens with one attached hydrogen (secondary N) is 1. The molecule has 6 heteroatoms. The molecule has 0 aliphatic rings. The number of hydrogen-bond donors (Lipinski definition) is 1. The molecule has 0 saturated carbocycles.